The second-order valence-electron chi connectivity index (χ2n) is 5.49. The maximum atomic E-state index is 3.63. The number of benzene rings is 1. The van der Waals surface area contributed by atoms with E-state index in [1.165, 1.54) is 24.0 Å². The minimum atomic E-state index is 0.470. The highest BCUT2D eigenvalue weighted by molar-refractivity contribution is 5.28. The van der Waals surface area contributed by atoms with Crippen LogP contribution in [0.3, 0.4) is 0 Å². The maximum Gasteiger partial charge on any atom is 0.0334 e. The Morgan fingerprint density at radius 2 is 1.89 bits per heavy atom. The number of hydrogen-bond donors (Lipinski definition) is 1. The zero-order valence-corrected chi connectivity index (χ0v) is 13.2. The number of rotatable bonds is 8. The van der Waals surface area contributed by atoms with Crippen LogP contribution in [0.15, 0.2) is 24.3 Å². The van der Waals surface area contributed by atoms with Crippen LogP contribution in [0, 0.1) is 6.92 Å². The molecule has 0 aliphatic heterocycles. The number of nitrogens with zero attached hydrogens (tertiary/aromatic N) is 1. The van der Waals surface area contributed by atoms with Gasteiger partial charge in [-0.15, -0.1) is 0 Å². The van der Waals surface area contributed by atoms with E-state index in [1.807, 2.05) is 0 Å². The first-order valence-electron chi connectivity index (χ1n) is 7.59. The van der Waals surface area contributed by atoms with Gasteiger partial charge < -0.3 is 10.2 Å². The van der Waals surface area contributed by atoms with Gasteiger partial charge in [0.15, 0.2) is 0 Å². The molecule has 2 atom stereocenters. The Morgan fingerprint density at radius 3 is 2.47 bits per heavy atom. The molecule has 0 bridgehead atoms. The third-order valence-electron chi connectivity index (χ3n) is 4.13. The van der Waals surface area contributed by atoms with Crippen molar-refractivity contribution in [2.24, 2.45) is 0 Å². The molecule has 2 nitrogen and oxygen atoms in total. The van der Waals surface area contributed by atoms with Crippen LogP contribution in [0.2, 0.25) is 0 Å². The fourth-order valence-corrected chi connectivity index (χ4v) is 2.46. The molecule has 2 heteroatoms. The Morgan fingerprint density at radius 1 is 1.21 bits per heavy atom. The summed E-state index contributed by atoms with van der Waals surface area (Å²) in [5.74, 6) is 0. The summed E-state index contributed by atoms with van der Waals surface area (Å²) in [7, 11) is 2.23. The van der Waals surface area contributed by atoms with Crippen molar-refractivity contribution >= 4 is 0 Å². The summed E-state index contributed by atoms with van der Waals surface area (Å²) < 4.78 is 0. The second kappa shape index (κ2) is 8.34. The van der Waals surface area contributed by atoms with E-state index in [0.29, 0.717) is 12.1 Å². The average molecular weight is 262 g/mol. The van der Waals surface area contributed by atoms with Gasteiger partial charge in [-0.1, -0.05) is 38.1 Å². The molecule has 0 aliphatic carbocycles. The van der Waals surface area contributed by atoms with E-state index < -0.39 is 0 Å². The maximum absolute atomic E-state index is 3.63. The van der Waals surface area contributed by atoms with Gasteiger partial charge in [0.05, 0.1) is 0 Å². The van der Waals surface area contributed by atoms with Crippen LogP contribution in [0.25, 0.3) is 0 Å². The van der Waals surface area contributed by atoms with Crippen LogP contribution in [0.4, 0.5) is 0 Å². The number of aryl methyl sites for hydroxylation is 1. The SMILES string of the molecule is CCNC(CCN(C)C(C)CC)c1ccccc1C. The lowest BCUT2D eigenvalue weighted by Crippen LogP contribution is -2.32. The molecule has 0 amide bonds. The fourth-order valence-electron chi connectivity index (χ4n) is 2.46. The standard InChI is InChI=1S/C17H30N2/c1-6-15(4)19(5)13-12-17(18-7-2)16-11-9-8-10-14(16)3/h8-11,15,17-18H,6-7,12-13H2,1-5H3. The van der Waals surface area contributed by atoms with Gasteiger partial charge in [-0.05, 0) is 58.0 Å². The van der Waals surface area contributed by atoms with Crippen LogP contribution in [-0.2, 0) is 0 Å². The van der Waals surface area contributed by atoms with E-state index in [0.717, 1.165) is 13.1 Å². The van der Waals surface area contributed by atoms with Crippen molar-refractivity contribution < 1.29 is 0 Å². The predicted octanol–water partition coefficient (Wildman–Crippen LogP) is 3.77. The molecular formula is C17H30N2. The lowest BCUT2D eigenvalue weighted by Gasteiger charge is -2.27. The molecule has 108 valence electrons. The fraction of sp³-hybridized carbons (Fsp3) is 0.647. The highest BCUT2D eigenvalue weighted by Crippen LogP contribution is 2.21. The monoisotopic (exact) mass is 262 g/mol. The molecule has 0 spiro atoms. The Balaban J connectivity index is 2.66. The highest BCUT2D eigenvalue weighted by atomic mass is 15.1. The quantitative estimate of drug-likeness (QED) is 0.767. The minimum Gasteiger partial charge on any atom is -0.310 e. The lowest BCUT2D eigenvalue weighted by molar-refractivity contribution is 0.238. The molecule has 0 aromatic heterocycles. The van der Waals surface area contributed by atoms with Gasteiger partial charge in [0.25, 0.3) is 0 Å². The molecule has 0 saturated heterocycles. The molecule has 0 aliphatic rings. The van der Waals surface area contributed by atoms with E-state index in [9.17, 15) is 0 Å². The van der Waals surface area contributed by atoms with Gasteiger partial charge in [0.2, 0.25) is 0 Å². The van der Waals surface area contributed by atoms with E-state index in [4.69, 9.17) is 0 Å². The van der Waals surface area contributed by atoms with Gasteiger partial charge in [-0.3, -0.25) is 0 Å². The first kappa shape index (κ1) is 16.2. The van der Waals surface area contributed by atoms with Gasteiger partial charge in [-0.2, -0.15) is 0 Å². The molecule has 0 saturated carbocycles. The third-order valence-corrected chi connectivity index (χ3v) is 4.13. The molecular weight excluding hydrogens is 232 g/mol. The summed E-state index contributed by atoms with van der Waals surface area (Å²) in [5, 5.41) is 3.63. The van der Waals surface area contributed by atoms with Crippen molar-refractivity contribution in [3.8, 4) is 0 Å². The van der Waals surface area contributed by atoms with Crippen molar-refractivity contribution in [2.75, 3.05) is 20.1 Å². The summed E-state index contributed by atoms with van der Waals surface area (Å²) in [6, 6.07) is 9.86. The van der Waals surface area contributed by atoms with Crippen molar-refractivity contribution in [1.82, 2.24) is 10.2 Å². The molecule has 0 radical (unpaired) electrons. The van der Waals surface area contributed by atoms with E-state index in [2.05, 4.69) is 69.2 Å². The Labute approximate surface area is 119 Å². The molecule has 1 rings (SSSR count). The molecule has 19 heavy (non-hydrogen) atoms. The number of nitrogens with one attached hydrogen (secondary N) is 1. The van der Waals surface area contributed by atoms with Crippen LogP contribution in [-0.4, -0.2) is 31.1 Å². The summed E-state index contributed by atoms with van der Waals surface area (Å²) in [4.78, 5) is 2.46. The topological polar surface area (TPSA) is 15.3 Å². The lowest BCUT2D eigenvalue weighted by atomic mass is 9.98. The van der Waals surface area contributed by atoms with Gasteiger partial charge in [0.1, 0.15) is 0 Å². The van der Waals surface area contributed by atoms with Crippen LogP contribution < -0.4 is 5.32 Å². The van der Waals surface area contributed by atoms with Crippen molar-refractivity contribution in [1.29, 1.82) is 0 Å². The molecule has 2 unspecified atom stereocenters. The molecule has 1 aromatic carbocycles. The summed E-state index contributed by atoms with van der Waals surface area (Å²) in [6.45, 7) is 11.1. The smallest absolute Gasteiger partial charge is 0.0334 e. The zero-order valence-electron chi connectivity index (χ0n) is 13.2. The summed E-state index contributed by atoms with van der Waals surface area (Å²) >= 11 is 0. The van der Waals surface area contributed by atoms with Gasteiger partial charge >= 0.3 is 0 Å². The minimum absolute atomic E-state index is 0.470. The van der Waals surface area contributed by atoms with Crippen LogP contribution in [0.5, 0.6) is 0 Å². The Kier molecular flexibility index (Phi) is 7.11. The zero-order chi connectivity index (χ0) is 14.3. The average Bonchev–Trinajstić information content (AvgIpc) is 2.43. The molecule has 0 heterocycles. The van der Waals surface area contributed by atoms with Gasteiger partial charge in [-0.25, -0.2) is 0 Å². The van der Waals surface area contributed by atoms with E-state index in [-0.39, 0.29) is 0 Å². The van der Waals surface area contributed by atoms with Crippen molar-refractivity contribution in [3.63, 3.8) is 0 Å². The molecule has 0 fully saturated rings. The third kappa shape index (κ3) is 4.96. The van der Waals surface area contributed by atoms with Crippen molar-refractivity contribution in [3.05, 3.63) is 35.4 Å². The number of hydrogen-bond acceptors (Lipinski definition) is 2. The largest absolute Gasteiger partial charge is 0.310 e. The molecule has 1 N–H and O–H groups in total. The summed E-state index contributed by atoms with van der Waals surface area (Å²) in [5.41, 5.74) is 2.83. The Hall–Kier alpha value is -0.860. The van der Waals surface area contributed by atoms with Crippen LogP contribution in [0.1, 0.15) is 50.8 Å². The van der Waals surface area contributed by atoms with Crippen LogP contribution >= 0.6 is 0 Å². The normalized spacial score (nSPS) is 14.6. The summed E-state index contributed by atoms with van der Waals surface area (Å²) in [6.07, 6.45) is 2.38. The first-order chi connectivity index (χ1) is 9.10. The Bertz CT molecular complexity index is 362. The van der Waals surface area contributed by atoms with E-state index >= 15 is 0 Å². The van der Waals surface area contributed by atoms with Crippen molar-refractivity contribution in [2.45, 2.75) is 52.6 Å². The molecule has 1 aromatic rings. The second-order valence-corrected chi connectivity index (χ2v) is 5.49. The predicted molar refractivity (Wildman–Crippen MR) is 84.6 cm³/mol. The van der Waals surface area contributed by atoms with Gasteiger partial charge in [0, 0.05) is 12.1 Å². The highest BCUT2D eigenvalue weighted by Gasteiger charge is 2.14. The van der Waals surface area contributed by atoms with E-state index in [1.54, 1.807) is 0 Å². The first-order valence-corrected chi connectivity index (χ1v) is 7.59.